The van der Waals surface area contributed by atoms with Crippen LogP contribution in [-0.4, -0.2) is 57.1 Å². The highest BCUT2D eigenvalue weighted by Crippen LogP contribution is 2.35. The quantitative estimate of drug-likeness (QED) is 0.261. The summed E-state index contributed by atoms with van der Waals surface area (Å²) in [5, 5.41) is 33.6. The van der Waals surface area contributed by atoms with Crippen LogP contribution in [0.1, 0.15) is 31.8 Å². The molecular weight excluding hydrogens is 576 g/mol. The molecule has 0 saturated carbocycles. The van der Waals surface area contributed by atoms with E-state index in [2.05, 4.69) is 25.6 Å². The van der Waals surface area contributed by atoms with Gasteiger partial charge in [0.15, 0.2) is 0 Å². The molecule has 3 heterocycles. The lowest BCUT2D eigenvalue weighted by molar-refractivity contribution is -0.138. The zero-order valence-corrected chi connectivity index (χ0v) is 20.5. The number of halogens is 6. The molecule has 0 aliphatic heterocycles. The summed E-state index contributed by atoms with van der Waals surface area (Å²) in [4.78, 5) is 26.8. The third-order valence-corrected chi connectivity index (χ3v) is 5.87. The molecule has 17 heteroatoms. The van der Waals surface area contributed by atoms with Gasteiger partial charge < -0.3 is 10.2 Å². The predicted molar refractivity (Wildman–Crippen MR) is 129 cm³/mol. The van der Waals surface area contributed by atoms with Crippen LogP contribution in [0.4, 0.5) is 26.3 Å². The fourth-order valence-corrected chi connectivity index (χ4v) is 3.93. The standard InChI is InChI=1S/C25H13F6N7O4/c26-24(27,28)16-8-12(4-6-14(16)22(39)40)37-10-20(33-35-37)18-2-1-3-19(32-18)21-11-38(36-34-21)13-5-7-15(23(41)42)17(9-13)25(29,30)31/h1-11H,(H,39,40)(H,41,42). The van der Waals surface area contributed by atoms with Crippen LogP contribution in [0.5, 0.6) is 0 Å². The molecule has 2 aromatic carbocycles. The molecular formula is C25H13F6N7O4. The molecule has 42 heavy (non-hydrogen) atoms. The summed E-state index contributed by atoms with van der Waals surface area (Å²) in [5.41, 5.74) is -4.16. The summed E-state index contributed by atoms with van der Waals surface area (Å²) in [6, 6.07) is 9.68. The first-order chi connectivity index (χ1) is 19.7. The Balaban J connectivity index is 1.45. The molecule has 0 unspecified atom stereocenters. The lowest BCUT2D eigenvalue weighted by Crippen LogP contribution is -2.14. The highest BCUT2D eigenvalue weighted by molar-refractivity contribution is 5.90. The van der Waals surface area contributed by atoms with E-state index < -0.39 is 46.5 Å². The van der Waals surface area contributed by atoms with Gasteiger partial charge in [-0.2, -0.15) is 26.3 Å². The first-order valence-corrected chi connectivity index (χ1v) is 11.4. The van der Waals surface area contributed by atoms with Crippen molar-refractivity contribution in [2.75, 3.05) is 0 Å². The van der Waals surface area contributed by atoms with E-state index in [4.69, 9.17) is 10.2 Å². The van der Waals surface area contributed by atoms with Crippen LogP contribution in [0.25, 0.3) is 34.2 Å². The number of carboxylic acids is 2. The number of hydrogen-bond acceptors (Lipinski definition) is 7. The fraction of sp³-hybridized carbons (Fsp3) is 0.0800. The zero-order valence-electron chi connectivity index (χ0n) is 20.5. The van der Waals surface area contributed by atoms with Crippen molar-refractivity contribution in [3.8, 4) is 34.2 Å². The molecule has 0 fully saturated rings. The molecule has 0 aliphatic carbocycles. The van der Waals surface area contributed by atoms with Gasteiger partial charge in [-0.25, -0.2) is 23.9 Å². The Morgan fingerprint density at radius 3 is 1.38 bits per heavy atom. The normalized spacial score (nSPS) is 12.0. The van der Waals surface area contributed by atoms with E-state index in [0.29, 0.717) is 12.1 Å². The summed E-state index contributed by atoms with van der Waals surface area (Å²) in [6.07, 6.45) is -7.34. The molecule has 0 aliphatic rings. The number of nitrogens with zero attached hydrogens (tertiary/aromatic N) is 7. The Hall–Kier alpha value is -5.61. The second-order valence-corrected chi connectivity index (χ2v) is 8.57. The smallest absolute Gasteiger partial charge is 0.417 e. The first-order valence-electron chi connectivity index (χ1n) is 11.4. The van der Waals surface area contributed by atoms with Crippen molar-refractivity contribution in [3.63, 3.8) is 0 Å². The van der Waals surface area contributed by atoms with Gasteiger partial charge in [0.2, 0.25) is 0 Å². The molecule has 0 radical (unpaired) electrons. The van der Waals surface area contributed by atoms with Gasteiger partial charge in [-0.05, 0) is 48.5 Å². The van der Waals surface area contributed by atoms with Crippen LogP contribution in [0.3, 0.4) is 0 Å². The molecule has 214 valence electrons. The van der Waals surface area contributed by atoms with E-state index >= 15 is 0 Å². The van der Waals surface area contributed by atoms with Gasteiger partial charge in [0.25, 0.3) is 0 Å². The van der Waals surface area contributed by atoms with E-state index in [-0.39, 0.29) is 34.2 Å². The monoisotopic (exact) mass is 589 g/mol. The topological polar surface area (TPSA) is 149 Å². The molecule has 11 nitrogen and oxygen atoms in total. The molecule has 0 amide bonds. The van der Waals surface area contributed by atoms with Gasteiger partial charge >= 0.3 is 24.3 Å². The maximum absolute atomic E-state index is 13.4. The molecule has 0 atom stereocenters. The van der Waals surface area contributed by atoms with E-state index in [0.717, 1.165) is 33.6 Å². The lowest BCUT2D eigenvalue weighted by Gasteiger charge is -2.11. The van der Waals surface area contributed by atoms with Gasteiger partial charge in [0, 0.05) is 0 Å². The number of carboxylic acid groups (broad SMARTS) is 2. The summed E-state index contributed by atoms with van der Waals surface area (Å²) in [6.45, 7) is 0. The van der Waals surface area contributed by atoms with Crippen LogP contribution >= 0.6 is 0 Å². The Morgan fingerprint density at radius 1 is 0.619 bits per heavy atom. The molecule has 5 aromatic rings. The minimum atomic E-state index is -4.94. The summed E-state index contributed by atoms with van der Waals surface area (Å²) >= 11 is 0. The van der Waals surface area contributed by atoms with E-state index in [9.17, 15) is 35.9 Å². The number of alkyl halides is 6. The van der Waals surface area contributed by atoms with Crippen LogP contribution < -0.4 is 0 Å². The van der Waals surface area contributed by atoms with Crippen molar-refractivity contribution in [1.82, 2.24) is 35.0 Å². The number of carbonyl (C=O) groups is 2. The van der Waals surface area contributed by atoms with Gasteiger partial charge in [0.05, 0.1) is 57.4 Å². The van der Waals surface area contributed by atoms with E-state index in [1.807, 2.05) is 0 Å². The van der Waals surface area contributed by atoms with Crippen molar-refractivity contribution in [2.24, 2.45) is 0 Å². The lowest BCUT2D eigenvalue weighted by atomic mass is 10.1. The van der Waals surface area contributed by atoms with Crippen molar-refractivity contribution in [1.29, 1.82) is 0 Å². The van der Waals surface area contributed by atoms with Crippen molar-refractivity contribution < 1.29 is 46.1 Å². The van der Waals surface area contributed by atoms with Crippen molar-refractivity contribution in [2.45, 2.75) is 12.4 Å². The number of rotatable bonds is 6. The van der Waals surface area contributed by atoms with E-state index in [1.54, 1.807) is 6.07 Å². The first kappa shape index (κ1) is 27.9. The largest absolute Gasteiger partial charge is 0.478 e. The summed E-state index contributed by atoms with van der Waals surface area (Å²) < 4.78 is 82.4. The van der Waals surface area contributed by atoms with Crippen LogP contribution in [0.2, 0.25) is 0 Å². The second-order valence-electron chi connectivity index (χ2n) is 8.57. The summed E-state index contributed by atoms with van der Waals surface area (Å²) in [5.74, 6) is -3.49. The number of benzene rings is 2. The maximum atomic E-state index is 13.4. The molecule has 5 rings (SSSR count). The number of pyridine rings is 1. The van der Waals surface area contributed by atoms with Gasteiger partial charge in [-0.1, -0.05) is 16.5 Å². The Labute approximate surface area is 229 Å². The zero-order chi connectivity index (χ0) is 30.4. The minimum absolute atomic E-state index is 0.114. The average molecular weight is 589 g/mol. The summed E-state index contributed by atoms with van der Waals surface area (Å²) in [7, 11) is 0. The van der Waals surface area contributed by atoms with Crippen molar-refractivity contribution in [3.05, 3.63) is 89.2 Å². The van der Waals surface area contributed by atoms with Gasteiger partial charge in [-0.3, -0.25) is 0 Å². The number of hydrogen-bond donors (Lipinski definition) is 2. The Kier molecular flexibility index (Phi) is 6.72. The highest BCUT2D eigenvalue weighted by atomic mass is 19.4. The predicted octanol–water partition coefficient (Wildman–Crippen LogP) is 5.01. The third kappa shape index (κ3) is 5.38. The number of aromatic carboxylic acids is 2. The highest BCUT2D eigenvalue weighted by Gasteiger charge is 2.37. The molecule has 2 N–H and O–H groups in total. The van der Waals surface area contributed by atoms with Crippen LogP contribution in [0, 0.1) is 0 Å². The van der Waals surface area contributed by atoms with Crippen LogP contribution in [0.15, 0.2) is 67.0 Å². The SMILES string of the molecule is O=C(O)c1ccc(-n2cc(-c3cccc(-c4cn(-c5ccc(C(=O)O)c(C(F)(F)F)c5)nn4)n3)nn2)cc1C(F)(F)F. The molecule has 3 aromatic heterocycles. The minimum Gasteiger partial charge on any atom is -0.478 e. The third-order valence-electron chi connectivity index (χ3n) is 5.87. The Bertz CT molecular complexity index is 1720. The number of aromatic nitrogens is 7. The molecule has 0 bridgehead atoms. The fourth-order valence-electron chi connectivity index (χ4n) is 3.93. The van der Waals surface area contributed by atoms with E-state index in [1.165, 1.54) is 24.5 Å². The van der Waals surface area contributed by atoms with Crippen LogP contribution in [-0.2, 0) is 12.4 Å². The molecule has 0 spiro atoms. The second kappa shape index (κ2) is 10.1. The maximum Gasteiger partial charge on any atom is 0.417 e. The molecule has 0 saturated heterocycles. The Morgan fingerprint density at radius 2 is 1.02 bits per heavy atom. The van der Waals surface area contributed by atoms with Gasteiger partial charge in [-0.15, -0.1) is 10.2 Å². The van der Waals surface area contributed by atoms with Gasteiger partial charge in [0.1, 0.15) is 11.4 Å². The average Bonchev–Trinajstić information content (AvgIpc) is 3.62. The van der Waals surface area contributed by atoms with Crippen molar-refractivity contribution >= 4 is 11.9 Å².